The minimum Gasteiger partial charge on any atom is -0.329 e. The largest absolute Gasteiger partial charge is 0.329 e. The van der Waals surface area contributed by atoms with E-state index in [0.29, 0.717) is 23.4 Å². The Morgan fingerprint density at radius 2 is 1.87 bits per heavy atom. The summed E-state index contributed by atoms with van der Waals surface area (Å²) in [4.78, 5) is 29.9. The van der Waals surface area contributed by atoms with E-state index in [1.165, 1.54) is 0 Å². The molecule has 156 valence electrons. The lowest BCUT2D eigenvalue weighted by molar-refractivity contribution is -0.119. The first-order valence-electron chi connectivity index (χ1n) is 10.2. The molecule has 0 saturated carbocycles. The lowest BCUT2D eigenvalue weighted by atomic mass is 9.81. The van der Waals surface area contributed by atoms with Gasteiger partial charge in [0.05, 0.1) is 23.2 Å². The Balaban J connectivity index is 1.83. The van der Waals surface area contributed by atoms with Gasteiger partial charge in [-0.2, -0.15) is 5.26 Å². The zero-order valence-corrected chi connectivity index (χ0v) is 18.2. The molecule has 0 saturated heterocycles. The summed E-state index contributed by atoms with van der Waals surface area (Å²) in [5, 5.41) is 14.3. The second kappa shape index (κ2) is 8.75. The quantitative estimate of drug-likeness (QED) is 0.606. The molecule has 1 aromatic heterocycles. The number of nitriles is 1. The molecule has 1 aliphatic heterocycles. The second-order valence-corrected chi connectivity index (χ2v) is 9.00. The van der Waals surface area contributed by atoms with Gasteiger partial charge in [0.15, 0.2) is 0 Å². The minimum absolute atomic E-state index is 0.0517. The van der Waals surface area contributed by atoms with Gasteiger partial charge in [0, 0.05) is 17.0 Å². The number of thiophene rings is 1. The number of rotatable bonds is 5. The number of carbonyl (C=O) groups excluding carboxylic acids is 2. The van der Waals surface area contributed by atoms with Crippen LogP contribution in [0.4, 0.5) is 5.69 Å². The Labute approximate surface area is 185 Å². The maximum absolute atomic E-state index is 13.7. The number of carbonyl (C=O) groups is 2. The molecule has 5 nitrogen and oxygen atoms in total. The van der Waals surface area contributed by atoms with Crippen LogP contribution in [0.15, 0.2) is 66.0 Å². The molecule has 6 heteroatoms. The highest BCUT2D eigenvalue weighted by Crippen LogP contribution is 2.45. The van der Waals surface area contributed by atoms with E-state index in [0.717, 1.165) is 10.4 Å². The van der Waals surface area contributed by atoms with Crippen molar-refractivity contribution in [3.05, 3.63) is 87.6 Å². The summed E-state index contributed by atoms with van der Waals surface area (Å²) in [6.07, 6.45) is 0. The number of hydrogen-bond donors (Lipinski definition) is 1. The van der Waals surface area contributed by atoms with Crippen LogP contribution >= 0.6 is 11.3 Å². The van der Waals surface area contributed by atoms with Gasteiger partial charge >= 0.3 is 0 Å². The molecule has 0 aliphatic carbocycles. The van der Waals surface area contributed by atoms with Gasteiger partial charge in [0.1, 0.15) is 6.07 Å². The molecule has 4 rings (SSSR count). The predicted molar refractivity (Wildman–Crippen MR) is 122 cm³/mol. The molecule has 0 spiro atoms. The van der Waals surface area contributed by atoms with Gasteiger partial charge in [-0.05, 0) is 41.1 Å². The fourth-order valence-electron chi connectivity index (χ4n) is 4.15. The number of nitrogens with one attached hydrogen (secondary N) is 1. The Morgan fingerprint density at radius 1 is 1.13 bits per heavy atom. The van der Waals surface area contributed by atoms with Crippen molar-refractivity contribution in [2.24, 2.45) is 5.92 Å². The first-order chi connectivity index (χ1) is 15.0. The molecule has 0 radical (unpaired) electrons. The van der Waals surface area contributed by atoms with Gasteiger partial charge in [0.25, 0.3) is 5.91 Å². The van der Waals surface area contributed by atoms with E-state index >= 15 is 0 Å². The number of fused-ring (bicyclic) bond motifs is 1. The number of amides is 2. The summed E-state index contributed by atoms with van der Waals surface area (Å²) in [5.74, 6) is -0.614. The van der Waals surface area contributed by atoms with E-state index in [1.54, 1.807) is 41.7 Å². The third-order valence-electron chi connectivity index (χ3n) is 5.42. The number of nitrogens with zero attached hydrogens (tertiary/aromatic N) is 2. The van der Waals surface area contributed by atoms with E-state index in [1.807, 2.05) is 40.6 Å². The lowest BCUT2D eigenvalue weighted by Gasteiger charge is -2.42. The summed E-state index contributed by atoms with van der Waals surface area (Å²) < 4.78 is 0. The highest BCUT2D eigenvalue weighted by molar-refractivity contribution is 7.10. The van der Waals surface area contributed by atoms with Crippen molar-refractivity contribution in [3.63, 3.8) is 0 Å². The van der Waals surface area contributed by atoms with Gasteiger partial charge in [-0.25, -0.2) is 0 Å². The van der Waals surface area contributed by atoms with Crippen molar-refractivity contribution >= 4 is 28.8 Å². The summed E-state index contributed by atoms with van der Waals surface area (Å²) in [7, 11) is 0. The Bertz CT molecular complexity index is 1150. The summed E-state index contributed by atoms with van der Waals surface area (Å²) in [6.45, 7) is 4.68. The molecular formula is C25H23N3O2S. The van der Waals surface area contributed by atoms with Crippen LogP contribution in [0.1, 0.15) is 52.2 Å². The molecule has 2 atom stereocenters. The maximum Gasteiger partial charge on any atom is 0.254 e. The zero-order valence-electron chi connectivity index (χ0n) is 17.4. The Kier molecular flexibility index (Phi) is 5.88. The minimum atomic E-state index is -0.585. The van der Waals surface area contributed by atoms with E-state index in [2.05, 4.69) is 25.2 Å². The highest BCUT2D eigenvalue weighted by atomic mass is 32.1. The average Bonchev–Trinajstić information content (AvgIpc) is 3.30. The molecule has 0 bridgehead atoms. The van der Waals surface area contributed by atoms with E-state index in [4.69, 9.17) is 0 Å². The first-order valence-corrected chi connectivity index (χ1v) is 11.1. The maximum atomic E-state index is 13.7. The normalized spacial score (nSPS) is 17.9. The van der Waals surface area contributed by atoms with Crippen molar-refractivity contribution in [2.75, 3.05) is 11.9 Å². The SMILES string of the molecule is CC(C)CN1C(=O)c2ccccc2[C@H](C(=O)Nc2ccccc2C#N)[C@@H]1c1cccs1. The molecule has 2 amide bonds. The van der Waals surface area contributed by atoms with Gasteiger partial charge in [-0.15, -0.1) is 11.3 Å². The average molecular weight is 430 g/mol. The first kappa shape index (κ1) is 20.8. The van der Waals surface area contributed by atoms with E-state index in [9.17, 15) is 14.9 Å². The molecule has 1 aliphatic rings. The third-order valence-corrected chi connectivity index (χ3v) is 6.37. The van der Waals surface area contributed by atoms with Crippen LogP contribution in [0.3, 0.4) is 0 Å². The monoisotopic (exact) mass is 429 g/mol. The summed E-state index contributed by atoms with van der Waals surface area (Å²) in [6, 6.07) is 19.9. The summed E-state index contributed by atoms with van der Waals surface area (Å²) >= 11 is 1.55. The number of anilines is 1. The highest BCUT2D eigenvalue weighted by Gasteiger charge is 2.44. The fourth-order valence-corrected chi connectivity index (χ4v) is 5.02. The van der Waals surface area contributed by atoms with Gasteiger partial charge < -0.3 is 10.2 Å². The molecule has 31 heavy (non-hydrogen) atoms. The van der Waals surface area contributed by atoms with E-state index in [-0.39, 0.29) is 17.7 Å². The molecule has 2 aromatic carbocycles. The lowest BCUT2D eigenvalue weighted by Crippen LogP contribution is -2.47. The van der Waals surface area contributed by atoms with Crippen molar-refractivity contribution in [1.29, 1.82) is 5.26 Å². The van der Waals surface area contributed by atoms with Crippen LogP contribution in [0.5, 0.6) is 0 Å². The van der Waals surface area contributed by atoms with E-state index < -0.39 is 12.0 Å². The molecule has 1 N–H and O–H groups in total. The fraction of sp³-hybridized carbons (Fsp3) is 0.240. The van der Waals surface area contributed by atoms with Crippen LogP contribution < -0.4 is 5.32 Å². The van der Waals surface area contributed by atoms with Crippen LogP contribution in [0.25, 0.3) is 0 Å². The molecule has 2 heterocycles. The number of benzene rings is 2. The standard InChI is InChI=1S/C25H23N3O2S/c1-16(2)15-28-23(21-12-7-13-31-21)22(18-9-4-5-10-19(18)25(28)30)24(29)27-20-11-6-3-8-17(20)14-26/h3-13,16,22-23H,15H2,1-2H3,(H,27,29)/t22-,23-/m0/s1. The Morgan fingerprint density at radius 3 is 2.58 bits per heavy atom. The molecule has 0 fully saturated rings. The van der Waals surface area contributed by atoms with Crippen LogP contribution in [-0.2, 0) is 4.79 Å². The van der Waals surface area contributed by atoms with Gasteiger partial charge in [-0.1, -0.05) is 50.2 Å². The van der Waals surface area contributed by atoms with Crippen molar-refractivity contribution in [1.82, 2.24) is 4.90 Å². The third kappa shape index (κ3) is 3.97. The van der Waals surface area contributed by atoms with Crippen molar-refractivity contribution in [2.45, 2.75) is 25.8 Å². The zero-order chi connectivity index (χ0) is 22.0. The van der Waals surface area contributed by atoms with Crippen molar-refractivity contribution < 1.29 is 9.59 Å². The van der Waals surface area contributed by atoms with Crippen LogP contribution in [0, 0.1) is 17.2 Å². The Hall–Kier alpha value is -3.43. The van der Waals surface area contributed by atoms with Gasteiger partial charge in [0.2, 0.25) is 5.91 Å². The number of para-hydroxylation sites is 1. The smallest absolute Gasteiger partial charge is 0.254 e. The molecule has 0 unspecified atom stereocenters. The second-order valence-electron chi connectivity index (χ2n) is 8.02. The van der Waals surface area contributed by atoms with Gasteiger partial charge in [-0.3, -0.25) is 9.59 Å². The molecular weight excluding hydrogens is 406 g/mol. The topological polar surface area (TPSA) is 73.2 Å². The molecule has 3 aromatic rings. The predicted octanol–water partition coefficient (Wildman–Crippen LogP) is 5.20. The number of hydrogen-bond acceptors (Lipinski definition) is 4. The van der Waals surface area contributed by atoms with Crippen LogP contribution in [-0.4, -0.2) is 23.3 Å². The summed E-state index contributed by atoms with van der Waals surface area (Å²) in [5.41, 5.74) is 2.16. The van der Waals surface area contributed by atoms with Crippen LogP contribution in [0.2, 0.25) is 0 Å². The van der Waals surface area contributed by atoms with Crippen molar-refractivity contribution in [3.8, 4) is 6.07 Å².